The van der Waals surface area contributed by atoms with Crippen molar-refractivity contribution in [3.8, 4) is 39.9 Å². The molecular formula is C50H38GdN11O25. The zero-order chi connectivity index (χ0) is 64.1. The van der Waals surface area contributed by atoms with Crippen LogP contribution in [0.25, 0.3) is 11.1 Å². The van der Waals surface area contributed by atoms with Crippen LogP contribution in [0.3, 0.4) is 0 Å². The van der Waals surface area contributed by atoms with Gasteiger partial charge in [0.2, 0.25) is 0 Å². The van der Waals surface area contributed by atoms with Crippen LogP contribution in [0.4, 0.5) is 62.6 Å². The predicted molar refractivity (Wildman–Crippen MR) is 289 cm³/mol. The Morgan fingerprint density at radius 1 is 0.356 bits per heavy atom. The summed E-state index contributed by atoms with van der Waals surface area (Å²) in [7, 11) is 0. The third-order valence-corrected chi connectivity index (χ3v) is 11.1. The molecule has 37 heteroatoms. The Balaban J connectivity index is 0.000000337. The SMILES string of the molecule is CCN(C(=O)COc1ccccc1-c1ccccc1OCC(=O)N(CC)c1ccccc1)c1ccccc1.O=[N+]([O-])c1cc([N+](=O)[O-])c([O-])c([N+](=O)[O-])c1.O=[N+]([O-])c1cc([N+](=O)[O-])c([O-])c([N+](=O)[O-])c1.O=[N+]([O-])c1cc([N+](=O)[O-])c([O-])c([N+](=O)[O-])c1.[Gd+3]. The van der Waals surface area contributed by atoms with Crippen LogP contribution in [-0.2, 0) is 9.59 Å². The molecule has 451 valence electrons. The monoisotopic (exact) mass is 1350 g/mol. The second-order valence-corrected chi connectivity index (χ2v) is 16.3. The fourth-order valence-corrected chi connectivity index (χ4v) is 7.17. The first kappa shape index (κ1) is 69.7. The second-order valence-electron chi connectivity index (χ2n) is 16.3. The van der Waals surface area contributed by atoms with Gasteiger partial charge in [-0.05, 0) is 50.2 Å². The molecular weight excluding hydrogens is 1310 g/mol. The van der Waals surface area contributed by atoms with E-state index >= 15 is 0 Å². The summed E-state index contributed by atoms with van der Waals surface area (Å²) < 4.78 is 12.1. The Bertz CT molecular complexity index is 3340. The number of carbonyl (C=O) groups is 2. The first-order valence-electron chi connectivity index (χ1n) is 23.6. The minimum atomic E-state index is -1.46. The van der Waals surface area contributed by atoms with Crippen molar-refractivity contribution in [3.63, 3.8) is 0 Å². The number of ether oxygens (including phenoxy) is 2. The van der Waals surface area contributed by atoms with E-state index in [9.17, 15) is 116 Å². The number of likely N-dealkylation sites (N-methyl/N-ethyl adjacent to an activating group) is 2. The van der Waals surface area contributed by atoms with E-state index < -0.39 is 113 Å². The summed E-state index contributed by atoms with van der Waals surface area (Å²) in [6.45, 7) is 4.73. The average Bonchev–Trinajstić information content (AvgIpc) is 1.99. The van der Waals surface area contributed by atoms with Crippen LogP contribution in [0.2, 0.25) is 0 Å². The number of rotatable bonds is 20. The minimum Gasteiger partial charge on any atom is -0.863 e. The van der Waals surface area contributed by atoms with Gasteiger partial charge in [0.05, 0.1) is 98.0 Å². The molecule has 0 aliphatic carbocycles. The van der Waals surface area contributed by atoms with Crippen LogP contribution in [0.5, 0.6) is 28.7 Å². The van der Waals surface area contributed by atoms with E-state index in [-0.39, 0.29) is 65.0 Å². The van der Waals surface area contributed by atoms with Gasteiger partial charge in [-0.1, -0.05) is 72.8 Å². The van der Waals surface area contributed by atoms with Gasteiger partial charge in [0, 0.05) is 35.6 Å². The van der Waals surface area contributed by atoms with Crippen molar-refractivity contribution >= 4 is 74.4 Å². The number of nitro groups is 9. The van der Waals surface area contributed by atoms with E-state index in [1.165, 1.54) is 0 Å². The van der Waals surface area contributed by atoms with E-state index in [1.807, 2.05) is 123 Å². The van der Waals surface area contributed by atoms with Gasteiger partial charge in [-0.15, -0.1) is 0 Å². The molecule has 0 N–H and O–H groups in total. The van der Waals surface area contributed by atoms with Crippen LogP contribution < -0.4 is 34.6 Å². The van der Waals surface area contributed by atoms with Gasteiger partial charge in [0.25, 0.3) is 63.0 Å². The van der Waals surface area contributed by atoms with Gasteiger partial charge >= 0.3 is 39.9 Å². The van der Waals surface area contributed by atoms with Crippen LogP contribution in [-0.4, -0.2) is 82.4 Å². The van der Waals surface area contributed by atoms with Gasteiger partial charge in [0.1, 0.15) is 11.5 Å². The molecule has 87 heavy (non-hydrogen) atoms. The number of para-hydroxylation sites is 4. The number of benzene rings is 7. The first-order chi connectivity index (χ1) is 40.6. The van der Waals surface area contributed by atoms with Crippen molar-refractivity contribution in [2.75, 3.05) is 36.1 Å². The molecule has 1 radical (unpaired) electrons. The number of non-ortho nitro benzene ring substituents is 3. The molecule has 0 aliphatic rings. The molecule has 36 nitrogen and oxygen atoms in total. The van der Waals surface area contributed by atoms with Crippen LogP contribution in [0.1, 0.15) is 13.8 Å². The number of amides is 2. The summed E-state index contributed by atoms with van der Waals surface area (Å²) in [6.07, 6.45) is 0. The fraction of sp³-hybridized carbons (Fsp3) is 0.120. The topological polar surface area (TPSA) is 517 Å². The molecule has 0 heterocycles. The van der Waals surface area contributed by atoms with E-state index in [4.69, 9.17) is 9.47 Å². The number of anilines is 2. The first-order valence-corrected chi connectivity index (χ1v) is 23.6. The molecule has 0 atom stereocenters. The molecule has 7 aromatic carbocycles. The molecule has 0 aromatic heterocycles. The molecule has 0 unspecified atom stereocenters. The third kappa shape index (κ3) is 18.7. The number of hydrogen-bond donors (Lipinski definition) is 0. The number of carbonyl (C=O) groups excluding carboxylic acids is 2. The Morgan fingerprint density at radius 2 is 0.575 bits per heavy atom. The molecule has 7 rings (SSSR count). The Morgan fingerprint density at radius 3 is 0.782 bits per heavy atom. The smallest absolute Gasteiger partial charge is 0.863 e. The van der Waals surface area contributed by atoms with Crippen molar-refractivity contribution in [3.05, 3.63) is 237 Å². The zero-order valence-electron chi connectivity index (χ0n) is 44.2. The maximum absolute atomic E-state index is 13.0. The maximum atomic E-state index is 13.0. The molecule has 0 spiro atoms. The summed E-state index contributed by atoms with van der Waals surface area (Å²) in [5.74, 6) is -3.52. The molecule has 0 saturated carbocycles. The molecule has 0 bridgehead atoms. The van der Waals surface area contributed by atoms with Crippen molar-refractivity contribution in [2.45, 2.75) is 13.8 Å². The number of nitro benzene ring substituents is 9. The second kappa shape index (κ2) is 32.3. The molecule has 2 amide bonds. The molecule has 7 aromatic rings. The van der Waals surface area contributed by atoms with Crippen molar-refractivity contribution in [1.29, 1.82) is 0 Å². The predicted octanol–water partition coefficient (Wildman–Crippen LogP) is 7.67. The standard InChI is InChI=1S/C32H32N2O4.3C6H3N3O7.Gd/c1-3-33(25-15-7-5-8-16-25)31(35)23-37-29-21-13-11-19-27(29)28-20-12-14-22-30(28)38-24-32(36)34(4-2)26-17-9-6-10-18-26;3*10-6-4(8(13)14)1-3(7(11)12)2-5(6)9(15)16;/h5-22H,3-4,23-24H2,1-2H3;3*1-2,10H;/q;;;;+3/p-3. The zero-order valence-corrected chi connectivity index (χ0v) is 46.4. The van der Waals surface area contributed by atoms with Crippen LogP contribution >= 0.6 is 0 Å². The summed E-state index contributed by atoms with van der Waals surface area (Å²) in [4.78, 5) is 112. The number of nitrogens with zero attached hydrogens (tertiary/aromatic N) is 11. The van der Waals surface area contributed by atoms with Gasteiger partial charge in [-0.3, -0.25) is 101 Å². The van der Waals surface area contributed by atoms with Crippen molar-refractivity contribution in [1.82, 2.24) is 0 Å². The van der Waals surface area contributed by atoms with Crippen molar-refractivity contribution < 1.29 is 119 Å². The summed E-state index contributed by atoms with van der Waals surface area (Å²) in [5, 5.41) is 126. The summed E-state index contributed by atoms with van der Waals surface area (Å²) in [6, 6.07) is 36.4. The third-order valence-electron chi connectivity index (χ3n) is 11.1. The fourth-order valence-electron chi connectivity index (χ4n) is 7.17. The summed E-state index contributed by atoms with van der Waals surface area (Å²) >= 11 is 0. The van der Waals surface area contributed by atoms with E-state index in [2.05, 4.69) is 0 Å². The molecule has 0 saturated heterocycles. The Labute approximate surface area is 516 Å². The molecule has 0 aliphatic heterocycles. The quantitative estimate of drug-likeness (QED) is 0.0521. The minimum absolute atomic E-state index is 0. The van der Waals surface area contributed by atoms with E-state index in [1.54, 1.807) is 9.80 Å². The largest absolute Gasteiger partial charge is 3.00 e. The van der Waals surface area contributed by atoms with E-state index in [0.717, 1.165) is 22.5 Å². The maximum Gasteiger partial charge on any atom is 3.00 e. The Hall–Kier alpha value is -11.6. The molecule has 0 fully saturated rings. The summed E-state index contributed by atoms with van der Waals surface area (Å²) in [5.41, 5.74) is -6.57. The van der Waals surface area contributed by atoms with Crippen LogP contribution in [0, 0.1) is 131 Å². The average molecular weight is 1350 g/mol. The van der Waals surface area contributed by atoms with Crippen molar-refractivity contribution in [2.24, 2.45) is 0 Å². The van der Waals surface area contributed by atoms with Gasteiger partial charge in [-0.2, -0.15) is 0 Å². The number of hydrogen-bond acceptors (Lipinski definition) is 25. The van der Waals surface area contributed by atoms with Gasteiger partial charge in [-0.25, -0.2) is 0 Å². The van der Waals surface area contributed by atoms with E-state index in [0.29, 0.717) is 61.0 Å². The van der Waals surface area contributed by atoms with Crippen LogP contribution in [0.15, 0.2) is 146 Å². The van der Waals surface area contributed by atoms with Gasteiger partial charge in [0.15, 0.2) is 13.2 Å². The normalized spacial score (nSPS) is 9.95. The Kier molecular flexibility index (Phi) is 25.9. The van der Waals surface area contributed by atoms with Gasteiger partial charge < -0.3 is 34.6 Å².